The molecule has 0 saturated carbocycles. The Morgan fingerprint density at radius 3 is 2.31 bits per heavy atom. The second kappa shape index (κ2) is 7.74. The van der Waals surface area contributed by atoms with E-state index in [1.54, 1.807) is 39.7 Å². The highest BCUT2D eigenvalue weighted by Gasteiger charge is 2.11. The number of hydrogen-bond donors (Lipinski definition) is 1. The molecule has 0 saturated heterocycles. The van der Waals surface area contributed by atoms with E-state index in [1.807, 2.05) is 24.3 Å². The molecule has 0 spiro atoms. The van der Waals surface area contributed by atoms with Crippen molar-refractivity contribution in [1.29, 1.82) is 0 Å². The minimum absolute atomic E-state index is 0.606. The number of anilines is 1. The van der Waals surface area contributed by atoms with Crippen LogP contribution in [0.15, 0.2) is 47.6 Å². The van der Waals surface area contributed by atoms with Crippen LogP contribution in [0.1, 0.15) is 11.1 Å². The van der Waals surface area contributed by atoms with Crippen LogP contribution in [0.5, 0.6) is 17.2 Å². The molecule has 3 rings (SSSR count). The van der Waals surface area contributed by atoms with Crippen molar-refractivity contribution in [2.24, 2.45) is 5.10 Å². The first-order valence-electron chi connectivity index (χ1n) is 8.11. The summed E-state index contributed by atoms with van der Waals surface area (Å²) in [5.41, 5.74) is 5.74. The van der Waals surface area contributed by atoms with Crippen LogP contribution in [0.3, 0.4) is 0 Å². The summed E-state index contributed by atoms with van der Waals surface area (Å²) < 4.78 is 16.1. The molecule has 0 aliphatic rings. The normalized spacial score (nSPS) is 10.9. The summed E-state index contributed by atoms with van der Waals surface area (Å²) in [5, 5.41) is 5.42. The van der Waals surface area contributed by atoms with Crippen LogP contribution in [0, 0.1) is 6.92 Å². The highest BCUT2D eigenvalue weighted by atomic mass is 16.5. The molecule has 26 heavy (non-hydrogen) atoms. The van der Waals surface area contributed by atoms with E-state index in [2.05, 4.69) is 28.5 Å². The predicted octanol–water partition coefficient (Wildman–Crippen LogP) is 4.02. The molecular weight excluding hydrogens is 330 g/mol. The van der Waals surface area contributed by atoms with Gasteiger partial charge in [0.15, 0.2) is 0 Å². The van der Waals surface area contributed by atoms with E-state index in [9.17, 15) is 0 Å². The Hall–Kier alpha value is -3.28. The molecule has 0 radical (unpaired) electrons. The van der Waals surface area contributed by atoms with Crippen molar-refractivity contribution >= 4 is 22.9 Å². The van der Waals surface area contributed by atoms with E-state index in [0.29, 0.717) is 28.6 Å². The Morgan fingerprint density at radius 1 is 0.962 bits per heavy atom. The van der Waals surface area contributed by atoms with Gasteiger partial charge in [-0.15, -0.1) is 0 Å². The van der Waals surface area contributed by atoms with Gasteiger partial charge in [0.1, 0.15) is 23.1 Å². The average Bonchev–Trinajstić information content (AvgIpc) is 2.67. The van der Waals surface area contributed by atoms with Crippen LogP contribution in [0.2, 0.25) is 0 Å². The number of aromatic nitrogens is 1. The first-order valence-corrected chi connectivity index (χ1v) is 8.11. The smallest absolute Gasteiger partial charge is 0.147 e. The summed E-state index contributed by atoms with van der Waals surface area (Å²) in [4.78, 5) is 4.57. The maximum Gasteiger partial charge on any atom is 0.147 e. The number of pyridine rings is 1. The minimum Gasteiger partial charge on any atom is -0.496 e. The van der Waals surface area contributed by atoms with Crippen molar-refractivity contribution in [2.45, 2.75) is 6.92 Å². The zero-order valence-electron chi connectivity index (χ0n) is 15.2. The van der Waals surface area contributed by atoms with Gasteiger partial charge in [0.25, 0.3) is 0 Å². The van der Waals surface area contributed by atoms with E-state index in [0.717, 1.165) is 16.5 Å². The molecule has 0 aliphatic heterocycles. The van der Waals surface area contributed by atoms with Gasteiger partial charge in [-0.3, -0.25) is 5.43 Å². The van der Waals surface area contributed by atoms with E-state index in [4.69, 9.17) is 14.2 Å². The molecular formula is C20H21N3O3. The number of nitrogens with one attached hydrogen (secondary N) is 1. The number of para-hydroxylation sites is 1. The fourth-order valence-corrected chi connectivity index (χ4v) is 2.73. The quantitative estimate of drug-likeness (QED) is 0.537. The Labute approximate surface area is 152 Å². The first kappa shape index (κ1) is 17.5. The van der Waals surface area contributed by atoms with Gasteiger partial charge in [-0.05, 0) is 24.6 Å². The van der Waals surface area contributed by atoms with E-state index in [-0.39, 0.29) is 0 Å². The van der Waals surface area contributed by atoms with Crippen LogP contribution in [-0.2, 0) is 0 Å². The number of hydrazone groups is 1. The molecule has 0 fully saturated rings. The molecule has 2 aromatic carbocycles. The molecule has 0 aliphatic carbocycles. The first-order chi connectivity index (χ1) is 12.7. The van der Waals surface area contributed by atoms with Crippen LogP contribution in [-0.4, -0.2) is 32.5 Å². The third kappa shape index (κ3) is 3.54. The molecule has 0 atom stereocenters. The molecule has 1 aromatic heterocycles. The van der Waals surface area contributed by atoms with Crippen molar-refractivity contribution < 1.29 is 14.2 Å². The summed E-state index contributed by atoms with van der Waals surface area (Å²) in [5.74, 6) is 2.53. The van der Waals surface area contributed by atoms with Gasteiger partial charge >= 0.3 is 0 Å². The second-order valence-corrected chi connectivity index (χ2v) is 5.66. The summed E-state index contributed by atoms with van der Waals surface area (Å²) in [6.45, 7) is 2.05. The summed E-state index contributed by atoms with van der Waals surface area (Å²) in [7, 11) is 4.78. The molecule has 0 unspecified atom stereocenters. The summed E-state index contributed by atoms with van der Waals surface area (Å²) in [6, 6.07) is 13.5. The Bertz CT molecular complexity index is 929. The predicted molar refractivity (Wildman–Crippen MR) is 104 cm³/mol. The van der Waals surface area contributed by atoms with Crippen molar-refractivity contribution in [2.75, 3.05) is 26.8 Å². The molecule has 0 bridgehead atoms. The fraction of sp³-hybridized carbons (Fsp3) is 0.200. The fourth-order valence-electron chi connectivity index (χ4n) is 2.73. The molecule has 6 heteroatoms. The van der Waals surface area contributed by atoms with Gasteiger partial charge < -0.3 is 14.2 Å². The molecule has 1 heterocycles. The van der Waals surface area contributed by atoms with Crippen LogP contribution in [0.25, 0.3) is 10.9 Å². The molecule has 1 N–H and O–H groups in total. The van der Waals surface area contributed by atoms with Crippen molar-refractivity contribution in [3.8, 4) is 17.2 Å². The standard InChI is InChI=1S/C20H21N3O3/c1-13-9-20(22-17-8-6-5-7-15(13)17)23-21-12-16-18(25-3)10-14(24-2)11-19(16)26-4/h5-12H,1-4H3,(H,22,23)/b21-12+. The number of nitrogens with zero attached hydrogens (tertiary/aromatic N) is 2. The number of hydrogen-bond acceptors (Lipinski definition) is 6. The molecule has 6 nitrogen and oxygen atoms in total. The monoisotopic (exact) mass is 351 g/mol. The largest absolute Gasteiger partial charge is 0.496 e. The van der Waals surface area contributed by atoms with Crippen molar-refractivity contribution in [3.05, 3.63) is 53.6 Å². The lowest BCUT2D eigenvalue weighted by molar-refractivity contribution is 0.374. The zero-order valence-corrected chi connectivity index (χ0v) is 15.2. The van der Waals surface area contributed by atoms with Crippen LogP contribution >= 0.6 is 0 Å². The Balaban J connectivity index is 1.89. The number of rotatable bonds is 6. The number of benzene rings is 2. The van der Waals surface area contributed by atoms with E-state index >= 15 is 0 Å². The van der Waals surface area contributed by atoms with Crippen molar-refractivity contribution in [3.63, 3.8) is 0 Å². The van der Waals surface area contributed by atoms with Crippen molar-refractivity contribution in [1.82, 2.24) is 4.98 Å². The third-order valence-corrected chi connectivity index (χ3v) is 4.05. The van der Waals surface area contributed by atoms with E-state index < -0.39 is 0 Å². The van der Waals surface area contributed by atoms with Crippen LogP contribution < -0.4 is 19.6 Å². The maximum absolute atomic E-state index is 5.42. The second-order valence-electron chi connectivity index (χ2n) is 5.66. The number of ether oxygens (including phenoxy) is 3. The summed E-state index contributed by atoms with van der Waals surface area (Å²) >= 11 is 0. The Morgan fingerprint density at radius 2 is 1.65 bits per heavy atom. The van der Waals surface area contributed by atoms with Gasteiger partial charge in [-0.25, -0.2) is 4.98 Å². The lowest BCUT2D eigenvalue weighted by atomic mass is 10.1. The Kier molecular flexibility index (Phi) is 5.22. The van der Waals surface area contributed by atoms with E-state index in [1.165, 1.54) is 0 Å². The molecule has 0 amide bonds. The number of fused-ring (bicyclic) bond motifs is 1. The zero-order chi connectivity index (χ0) is 18.5. The molecule has 3 aromatic rings. The van der Waals surface area contributed by atoms with Gasteiger partial charge in [0.2, 0.25) is 0 Å². The summed E-state index contributed by atoms with van der Waals surface area (Å²) in [6.07, 6.45) is 1.64. The maximum atomic E-state index is 5.42. The lowest BCUT2D eigenvalue weighted by Gasteiger charge is -2.12. The van der Waals surface area contributed by atoms with Crippen LogP contribution in [0.4, 0.5) is 5.82 Å². The van der Waals surface area contributed by atoms with Gasteiger partial charge in [0, 0.05) is 17.5 Å². The lowest BCUT2D eigenvalue weighted by Crippen LogP contribution is -2.00. The van der Waals surface area contributed by atoms with Gasteiger partial charge in [0.05, 0.1) is 38.6 Å². The molecule has 134 valence electrons. The average molecular weight is 351 g/mol. The highest BCUT2D eigenvalue weighted by molar-refractivity contribution is 5.89. The topological polar surface area (TPSA) is 65.0 Å². The highest BCUT2D eigenvalue weighted by Crippen LogP contribution is 2.32. The number of methoxy groups -OCH3 is 3. The van der Waals surface area contributed by atoms with Gasteiger partial charge in [-0.2, -0.15) is 5.10 Å². The SMILES string of the molecule is COc1cc(OC)c(/C=N/Nc2cc(C)c3ccccc3n2)c(OC)c1. The third-order valence-electron chi connectivity index (χ3n) is 4.05. The van der Waals surface area contributed by atoms with Gasteiger partial charge in [-0.1, -0.05) is 18.2 Å². The minimum atomic E-state index is 0.606. The number of aryl methyl sites for hydroxylation is 1.